The summed E-state index contributed by atoms with van der Waals surface area (Å²) in [6.45, 7) is 7.60. The number of phenolic OH excluding ortho intramolecular Hbond substituents is 1. The van der Waals surface area contributed by atoms with Crippen molar-refractivity contribution >= 4 is 28.4 Å². The second-order valence-electron chi connectivity index (χ2n) is 8.92. The third-order valence-electron chi connectivity index (χ3n) is 6.32. The monoisotopic (exact) mass is 521 g/mol. The van der Waals surface area contributed by atoms with Crippen LogP contribution in [-0.4, -0.2) is 40.9 Å². The van der Waals surface area contributed by atoms with Crippen LogP contribution in [0.4, 0.5) is 5.13 Å². The molecule has 194 valence electrons. The predicted octanol–water partition coefficient (Wildman–Crippen LogP) is 5.05. The third-order valence-corrected chi connectivity index (χ3v) is 7.08. The quantitative estimate of drug-likeness (QED) is 0.354. The van der Waals surface area contributed by atoms with Crippen LogP contribution in [0.1, 0.15) is 39.2 Å². The molecule has 2 aromatic carbocycles. The number of aromatic hydroxyl groups is 1. The standard InChI is InChI=1S/C28H31N3O5S/c1-5-35-25(33)22-17(3)30-28(4,24(26(34)36-6-2)23(22)18-11-8-7-9-12-18)31-27-29-21(16-37-27)19-13-10-14-20(32)15-19/h7-16,23-24,30,32H,5-6H2,1-4H3,(H,29,31). The molecule has 0 saturated carbocycles. The molecule has 0 aliphatic carbocycles. The fourth-order valence-corrected chi connectivity index (χ4v) is 5.67. The van der Waals surface area contributed by atoms with Crippen LogP contribution in [0.5, 0.6) is 5.75 Å². The number of carbonyl (C=O) groups is 2. The molecule has 0 amide bonds. The maximum Gasteiger partial charge on any atom is 0.336 e. The van der Waals surface area contributed by atoms with Gasteiger partial charge in [-0.15, -0.1) is 11.3 Å². The number of thiazole rings is 1. The number of anilines is 1. The van der Waals surface area contributed by atoms with Crippen molar-refractivity contribution in [2.45, 2.75) is 39.3 Å². The Kier molecular flexibility index (Phi) is 7.83. The van der Waals surface area contributed by atoms with Gasteiger partial charge in [0.1, 0.15) is 17.3 Å². The van der Waals surface area contributed by atoms with Gasteiger partial charge in [0.25, 0.3) is 0 Å². The summed E-state index contributed by atoms with van der Waals surface area (Å²) in [7, 11) is 0. The molecule has 37 heavy (non-hydrogen) atoms. The van der Waals surface area contributed by atoms with E-state index in [4.69, 9.17) is 14.5 Å². The zero-order valence-corrected chi connectivity index (χ0v) is 22.1. The minimum absolute atomic E-state index is 0.154. The van der Waals surface area contributed by atoms with Gasteiger partial charge in [-0.1, -0.05) is 42.5 Å². The van der Waals surface area contributed by atoms with Crippen LogP contribution in [0.25, 0.3) is 11.3 Å². The van der Waals surface area contributed by atoms with E-state index in [9.17, 15) is 14.7 Å². The molecule has 0 radical (unpaired) electrons. The smallest absolute Gasteiger partial charge is 0.336 e. The summed E-state index contributed by atoms with van der Waals surface area (Å²) in [5, 5.41) is 19.1. The Morgan fingerprint density at radius 1 is 1.11 bits per heavy atom. The molecular weight excluding hydrogens is 490 g/mol. The van der Waals surface area contributed by atoms with E-state index in [-0.39, 0.29) is 19.0 Å². The maximum atomic E-state index is 13.6. The number of hydrogen-bond acceptors (Lipinski definition) is 9. The van der Waals surface area contributed by atoms with Crippen molar-refractivity contribution < 1.29 is 24.2 Å². The van der Waals surface area contributed by atoms with E-state index in [1.165, 1.54) is 11.3 Å². The van der Waals surface area contributed by atoms with Gasteiger partial charge >= 0.3 is 11.9 Å². The molecule has 4 rings (SSSR count). The second-order valence-corrected chi connectivity index (χ2v) is 9.78. The van der Waals surface area contributed by atoms with E-state index in [1.807, 2.05) is 55.6 Å². The number of ether oxygens (including phenoxy) is 2. The summed E-state index contributed by atoms with van der Waals surface area (Å²) in [5.41, 5.74) is 2.21. The average Bonchev–Trinajstić information content (AvgIpc) is 3.32. The Balaban J connectivity index is 1.80. The summed E-state index contributed by atoms with van der Waals surface area (Å²) in [6, 6.07) is 16.3. The Bertz CT molecular complexity index is 1310. The SMILES string of the molecule is CCOC(=O)C1=C(C)NC(C)(Nc2nc(-c3cccc(O)c3)cs2)C(C(=O)OCC)C1c1ccccc1. The Hall–Kier alpha value is -3.85. The number of benzene rings is 2. The average molecular weight is 522 g/mol. The van der Waals surface area contributed by atoms with Gasteiger partial charge in [0, 0.05) is 22.6 Å². The molecule has 3 aromatic rings. The lowest BCUT2D eigenvalue weighted by molar-refractivity contribution is -0.152. The lowest BCUT2D eigenvalue weighted by Gasteiger charge is -2.46. The van der Waals surface area contributed by atoms with E-state index >= 15 is 0 Å². The number of aromatic nitrogens is 1. The van der Waals surface area contributed by atoms with Gasteiger partial charge in [0.05, 0.1) is 24.5 Å². The number of nitrogens with zero attached hydrogens (tertiary/aromatic N) is 1. The van der Waals surface area contributed by atoms with Crippen molar-refractivity contribution in [3.8, 4) is 17.0 Å². The third kappa shape index (κ3) is 5.46. The van der Waals surface area contributed by atoms with Gasteiger partial charge in [0.15, 0.2) is 5.13 Å². The summed E-state index contributed by atoms with van der Waals surface area (Å²) in [6.07, 6.45) is 0. The number of esters is 2. The summed E-state index contributed by atoms with van der Waals surface area (Å²) >= 11 is 1.38. The van der Waals surface area contributed by atoms with Crippen molar-refractivity contribution in [3.05, 3.63) is 76.8 Å². The highest BCUT2D eigenvalue weighted by Gasteiger charge is 2.52. The van der Waals surface area contributed by atoms with Crippen LogP contribution in [0.15, 0.2) is 71.2 Å². The molecule has 0 fully saturated rings. The van der Waals surface area contributed by atoms with Gasteiger partial charge < -0.3 is 25.2 Å². The first-order valence-corrected chi connectivity index (χ1v) is 13.1. The molecule has 1 aliphatic rings. The number of rotatable bonds is 8. The lowest BCUT2D eigenvalue weighted by Crippen LogP contribution is -2.62. The van der Waals surface area contributed by atoms with Crippen LogP contribution >= 0.6 is 11.3 Å². The van der Waals surface area contributed by atoms with Gasteiger partial charge in [-0.2, -0.15) is 0 Å². The summed E-state index contributed by atoms with van der Waals surface area (Å²) in [5.74, 6) is -2.22. The van der Waals surface area contributed by atoms with E-state index < -0.39 is 29.4 Å². The number of nitrogens with one attached hydrogen (secondary N) is 2. The minimum Gasteiger partial charge on any atom is -0.508 e. The van der Waals surface area contributed by atoms with E-state index in [1.54, 1.807) is 32.0 Å². The van der Waals surface area contributed by atoms with Gasteiger partial charge in [0.2, 0.25) is 0 Å². The molecule has 1 aromatic heterocycles. The van der Waals surface area contributed by atoms with E-state index in [0.29, 0.717) is 22.1 Å². The highest BCUT2D eigenvalue weighted by molar-refractivity contribution is 7.14. The lowest BCUT2D eigenvalue weighted by atomic mass is 9.71. The first-order chi connectivity index (χ1) is 17.8. The minimum atomic E-state index is -1.05. The molecule has 0 spiro atoms. The van der Waals surface area contributed by atoms with E-state index in [0.717, 1.165) is 11.1 Å². The Morgan fingerprint density at radius 3 is 2.51 bits per heavy atom. The zero-order valence-electron chi connectivity index (χ0n) is 21.3. The highest BCUT2D eigenvalue weighted by atomic mass is 32.1. The molecule has 1 aliphatic heterocycles. The fraction of sp³-hybridized carbons (Fsp3) is 0.321. The number of hydrogen-bond donors (Lipinski definition) is 3. The Morgan fingerprint density at radius 2 is 1.84 bits per heavy atom. The van der Waals surface area contributed by atoms with Crippen LogP contribution < -0.4 is 10.6 Å². The fourth-order valence-electron chi connectivity index (χ4n) is 4.84. The van der Waals surface area contributed by atoms with Crippen LogP contribution in [0.3, 0.4) is 0 Å². The molecule has 3 N–H and O–H groups in total. The largest absolute Gasteiger partial charge is 0.508 e. The van der Waals surface area contributed by atoms with Crippen molar-refractivity contribution in [2.75, 3.05) is 18.5 Å². The highest BCUT2D eigenvalue weighted by Crippen LogP contribution is 2.45. The first-order valence-electron chi connectivity index (χ1n) is 12.2. The van der Waals surface area contributed by atoms with E-state index in [2.05, 4.69) is 10.6 Å². The molecule has 9 heteroatoms. The van der Waals surface area contributed by atoms with Crippen LogP contribution in [0.2, 0.25) is 0 Å². The van der Waals surface area contributed by atoms with Gasteiger partial charge in [-0.3, -0.25) is 4.79 Å². The van der Waals surface area contributed by atoms with Crippen molar-refractivity contribution in [1.82, 2.24) is 10.3 Å². The molecule has 2 heterocycles. The van der Waals surface area contributed by atoms with Crippen molar-refractivity contribution in [3.63, 3.8) is 0 Å². The molecule has 0 saturated heterocycles. The topological polar surface area (TPSA) is 110 Å². The van der Waals surface area contributed by atoms with Gasteiger partial charge in [-0.05, 0) is 45.4 Å². The Labute approximate surface area is 220 Å². The van der Waals surface area contributed by atoms with Gasteiger partial charge in [-0.25, -0.2) is 9.78 Å². The number of phenols is 1. The summed E-state index contributed by atoms with van der Waals surface area (Å²) < 4.78 is 10.9. The maximum absolute atomic E-state index is 13.6. The molecule has 3 unspecified atom stereocenters. The van der Waals surface area contributed by atoms with Crippen molar-refractivity contribution in [2.24, 2.45) is 5.92 Å². The molecule has 8 nitrogen and oxygen atoms in total. The molecular formula is C28H31N3O5S. The van der Waals surface area contributed by atoms with Crippen molar-refractivity contribution in [1.29, 1.82) is 0 Å². The normalized spacial score (nSPS) is 21.2. The zero-order chi connectivity index (χ0) is 26.6. The first kappa shape index (κ1) is 26.2. The molecule has 0 bridgehead atoms. The summed E-state index contributed by atoms with van der Waals surface area (Å²) in [4.78, 5) is 31.4. The number of carbonyl (C=O) groups excluding carboxylic acids is 2. The predicted molar refractivity (Wildman–Crippen MR) is 143 cm³/mol. The molecule has 3 atom stereocenters. The second kappa shape index (κ2) is 11.0. The number of allylic oxidation sites excluding steroid dienone is 1. The van der Waals surface area contributed by atoms with Crippen LogP contribution in [0, 0.1) is 5.92 Å². The van der Waals surface area contributed by atoms with Crippen LogP contribution in [-0.2, 0) is 19.1 Å².